The minimum atomic E-state index is -1.08. The third kappa shape index (κ3) is 2.76. The lowest BCUT2D eigenvalue weighted by Gasteiger charge is -2.06. The predicted molar refractivity (Wildman–Crippen MR) is 65.2 cm³/mol. The molecule has 2 rings (SSSR count). The number of hydrogen-bond donors (Lipinski definition) is 1. The average Bonchev–Trinajstić information content (AvgIpc) is 2.38. The molecule has 0 fully saturated rings. The van der Waals surface area contributed by atoms with Crippen LogP contribution in [0, 0.1) is 17.5 Å². The van der Waals surface area contributed by atoms with Crippen LogP contribution in [0.3, 0.4) is 0 Å². The van der Waals surface area contributed by atoms with Gasteiger partial charge < -0.3 is 5.73 Å². The molecule has 0 aromatic heterocycles. The molecule has 2 N–H and O–H groups in total. The van der Waals surface area contributed by atoms with Crippen LogP contribution in [0.15, 0.2) is 36.4 Å². The second-order valence-corrected chi connectivity index (χ2v) is 4.04. The number of anilines is 1. The normalized spacial score (nSPS) is 10.5. The molecule has 0 aliphatic carbocycles. The molecule has 0 saturated heterocycles. The predicted octanol–water partition coefficient (Wildman–Crippen LogP) is 3.11. The van der Waals surface area contributed by atoms with E-state index in [1.165, 1.54) is 18.2 Å². The van der Waals surface area contributed by atoms with Crippen molar-refractivity contribution in [3.8, 4) is 0 Å². The van der Waals surface area contributed by atoms with E-state index in [0.717, 1.165) is 18.2 Å². The standard InChI is InChI=1S/C14H10F3NO/c15-9-4-5-12(18)10(7-9)13(19)6-8-2-1-3-11(16)14(8)17/h1-5,7H,6,18H2. The number of Topliss-reactive ketones (excluding diaryl/α,β-unsaturated/α-hetero) is 1. The van der Waals surface area contributed by atoms with Gasteiger partial charge in [-0.1, -0.05) is 12.1 Å². The molecular formula is C14H10F3NO. The average molecular weight is 265 g/mol. The Kier molecular flexibility index (Phi) is 3.55. The van der Waals surface area contributed by atoms with Gasteiger partial charge in [0, 0.05) is 17.7 Å². The highest BCUT2D eigenvalue weighted by molar-refractivity contribution is 6.01. The van der Waals surface area contributed by atoms with Gasteiger partial charge in [-0.3, -0.25) is 4.79 Å². The number of ketones is 1. The lowest BCUT2D eigenvalue weighted by atomic mass is 10.0. The first-order valence-electron chi connectivity index (χ1n) is 5.50. The second kappa shape index (κ2) is 5.14. The van der Waals surface area contributed by atoms with Crippen LogP contribution >= 0.6 is 0 Å². The number of nitrogens with two attached hydrogens (primary N) is 1. The quantitative estimate of drug-likeness (QED) is 0.684. The van der Waals surface area contributed by atoms with Gasteiger partial charge in [0.2, 0.25) is 0 Å². The summed E-state index contributed by atoms with van der Waals surface area (Å²) in [5, 5.41) is 0. The van der Waals surface area contributed by atoms with E-state index in [1.807, 2.05) is 0 Å². The molecule has 0 amide bonds. The highest BCUT2D eigenvalue weighted by Gasteiger charge is 2.15. The fourth-order valence-electron chi connectivity index (χ4n) is 1.72. The molecule has 5 heteroatoms. The minimum Gasteiger partial charge on any atom is -0.398 e. The van der Waals surface area contributed by atoms with E-state index >= 15 is 0 Å². The number of rotatable bonds is 3. The third-order valence-corrected chi connectivity index (χ3v) is 2.70. The van der Waals surface area contributed by atoms with Crippen LogP contribution < -0.4 is 5.73 Å². The zero-order valence-corrected chi connectivity index (χ0v) is 9.79. The Morgan fingerprint density at radius 1 is 1.11 bits per heavy atom. The van der Waals surface area contributed by atoms with E-state index in [1.54, 1.807) is 0 Å². The Labute approximate surface area is 107 Å². The minimum absolute atomic E-state index is 0.0383. The summed E-state index contributed by atoms with van der Waals surface area (Å²) in [5.74, 6) is -3.29. The number of nitrogen functional groups attached to an aromatic ring is 1. The van der Waals surface area contributed by atoms with Crippen molar-refractivity contribution < 1.29 is 18.0 Å². The molecule has 0 spiro atoms. The lowest BCUT2D eigenvalue weighted by molar-refractivity contribution is 0.0992. The molecule has 0 aliphatic rings. The first-order valence-corrected chi connectivity index (χ1v) is 5.50. The molecule has 19 heavy (non-hydrogen) atoms. The van der Waals surface area contributed by atoms with E-state index < -0.39 is 23.2 Å². The molecule has 98 valence electrons. The fourth-order valence-corrected chi connectivity index (χ4v) is 1.72. The molecule has 0 atom stereocenters. The van der Waals surface area contributed by atoms with E-state index in [2.05, 4.69) is 0 Å². The molecule has 0 bridgehead atoms. The van der Waals surface area contributed by atoms with Crippen molar-refractivity contribution in [1.82, 2.24) is 0 Å². The zero-order valence-electron chi connectivity index (χ0n) is 9.79. The van der Waals surface area contributed by atoms with Gasteiger partial charge >= 0.3 is 0 Å². The van der Waals surface area contributed by atoms with Crippen LogP contribution in [0.4, 0.5) is 18.9 Å². The van der Waals surface area contributed by atoms with Crippen molar-refractivity contribution in [2.24, 2.45) is 0 Å². The SMILES string of the molecule is Nc1ccc(F)cc1C(=O)Cc1cccc(F)c1F. The maximum Gasteiger partial charge on any atom is 0.169 e. The smallest absolute Gasteiger partial charge is 0.169 e. The Morgan fingerprint density at radius 3 is 2.58 bits per heavy atom. The van der Waals surface area contributed by atoms with Gasteiger partial charge in [-0.05, 0) is 29.8 Å². The topological polar surface area (TPSA) is 43.1 Å². The van der Waals surface area contributed by atoms with Crippen LogP contribution in [-0.4, -0.2) is 5.78 Å². The van der Waals surface area contributed by atoms with Gasteiger partial charge in [0.25, 0.3) is 0 Å². The summed E-state index contributed by atoms with van der Waals surface area (Å²) in [6.07, 6.45) is -0.378. The highest BCUT2D eigenvalue weighted by Crippen LogP contribution is 2.18. The Morgan fingerprint density at radius 2 is 1.84 bits per heavy atom. The second-order valence-electron chi connectivity index (χ2n) is 4.04. The van der Waals surface area contributed by atoms with Crippen LogP contribution in [-0.2, 0) is 6.42 Å². The molecule has 2 nitrogen and oxygen atoms in total. The maximum absolute atomic E-state index is 13.4. The number of benzene rings is 2. The Balaban J connectivity index is 2.31. The number of hydrogen-bond acceptors (Lipinski definition) is 2. The summed E-state index contributed by atoms with van der Waals surface area (Å²) >= 11 is 0. The molecule has 0 radical (unpaired) electrons. The zero-order chi connectivity index (χ0) is 14.0. The summed E-state index contributed by atoms with van der Waals surface area (Å²) in [4.78, 5) is 11.9. The number of carbonyl (C=O) groups is 1. The van der Waals surface area contributed by atoms with Gasteiger partial charge in [-0.2, -0.15) is 0 Å². The summed E-state index contributed by atoms with van der Waals surface area (Å²) in [6, 6.07) is 6.91. The van der Waals surface area contributed by atoms with E-state index in [-0.39, 0.29) is 23.2 Å². The summed E-state index contributed by atoms with van der Waals surface area (Å²) in [7, 11) is 0. The monoisotopic (exact) mass is 265 g/mol. The van der Waals surface area contributed by atoms with E-state index in [4.69, 9.17) is 5.73 Å². The number of carbonyl (C=O) groups excluding carboxylic acids is 1. The third-order valence-electron chi connectivity index (χ3n) is 2.70. The van der Waals surface area contributed by atoms with Crippen molar-refractivity contribution in [3.63, 3.8) is 0 Å². The van der Waals surface area contributed by atoms with E-state index in [0.29, 0.717) is 0 Å². The highest BCUT2D eigenvalue weighted by atomic mass is 19.2. The largest absolute Gasteiger partial charge is 0.398 e. The van der Waals surface area contributed by atoms with Gasteiger partial charge in [0.05, 0.1) is 0 Å². The van der Waals surface area contributed by atoms with Crippen molar-refractivity contribution in [1.29, 1.82) is 0 Å². The van der Waals surface area contributed by atoms with Crippen molar-refractivity contribution >= 4 is 11.5 Å². The van der Waals surface area contributed by atoms with Crippen LogP contribution in [0.25, 0.3) is 0 Å². The van der Waals surface area contributed by atoms with E-state index in [9.17, 15) is 18.0 Å². The molecule has 0 unspecified atom stereocenters. The lowest BCUT2D eigenvalue weighted by Crippen LogP contribution is -2.09. The van der Waals surface area contributed by atoms with Gasteiger partial charge in [-0.25, -0.2) is 13.2 Å². The molecule has 2 aromatic rings. The van der Waals surface area contributed by atoms with Crippen molar-refractivity contribution in [2.45, 2.75) is 6.42 Å². The maximum atomic E-state index is 13.4. The first kappa shape index (κ1) is 13.1. The Bertz CT molecular complexity index is 641. The van der Waals surface area contributed by atoms with Crippen molar-refractivity contribution in [3.05, 3.63) is 65.0 Å². The fraction of sp³-hybridized carbons (Fsp3) is 0.0714. The van der Waals surface area contributed by atoms with Crippen LogP contribution in [0.2, 0.25) is 0 Å². The van der Waals surface area contributed by atoms with Crippen LogP contribution in [0.1, 0.15) is 15.9 Å². The molecule has 0 saturated carbocycles. The summed E-state index contributed by atoms with van der Waals surface area (Å²) in [5.41, 5.74) is 5.53. The van der Waals surface area contributed by atoms with Gasteiger partial charge in [0.1, 0.15) is 5.82 Å². The first-order chi connectivity index (χ1) is 8.99. The van der Waals surface area contributed by atoms with Gasteiger partial charge in [-0.15, -0.1) is 0 Å². The molecule has 0 heterocycles. The Hall–Kier alpha value is -2.30. The molecular weight excluding hydrogens is 255 g/mol. The summed E-state index contributed by atoms with van der Waals surface area (Å²) in [6.45, 7) is 0. The molecule has 0 aliphatic heterocycles. The summed E-state index contributed by atoms with van der Waals surface area (Å²) < 4.78 is 39.5. The number of halogens is 3. The van der Waals surface area contributed by atoms with Crippen molar-refractivity contribution in [2.75, 3.05) is 5.73 Å². The van der Waals surface area contributed by atoms with Crippen LogP contribution in [0.5, 0.6) is 0 Å². The molecule has 2 aromatic carbocycles. The van der Waals surface area contributed by atoms with Gasteiger partial charge in [0.15, 0.2) is 17.4 Å².